The number of hydrogen-bond acceptors (Lipinski definition) is 5. The van der Waals surface area contributed by atoms with Gasteiger partial charge in [0.15, 0.2) is 0 Å². The Bertz CT molecular complexity index is 981. The Hall–Kier alpha value is -2.14. The second-order valence-corrected chi connectivity index (χ2v) is 9.02. The fraction of sp³-hybridized carbons (Fsp3) is 0.556. The van der Waals surface area contributed by atoms with Crippen molar-refractivity contribution in [2.24, 2.45) is 13.0 Å². The molecule has 2 aromatic heterocycles. The normalized spacial score (nSPS) is 16.9. The standard InChI is InChI=1S/C18H23F3N4O3S/c1-12-17(13(2)24(3)23-12)29(26,27)25-9-7-14(8-10-25)11-28-16-6-4-5-15(22-16)18(19,20)21/h4-6,14H,7-11H2,1-3H3. The molecule has 3 rings (SSSR count). The summed E-state index contributed by atoms with van der Waals surface area (Å²) in [4.78, 5) is 3.72. The van der Waals surface area contributed by atoms with E-state index in [9.17, 15) is 21.6 Å². The Morgan fingerprint density at radius 2 is 1.86 bits per heavy atom. The van der Waals surface area contributed by atoms with E-state index in [1.54, 1.807) is 25.6 Å². The van der Waals surface area contributed by atoms with Crippen molar-refractivity contribution in [1.82, 2.24) is 19.1 Å². The average Bonchev–Trinajstić information content (AvgIpc) is 2.92. The highest BCUT2D eigenvalue weighted by molar-refractivity contribution is 7.89. The molecular weight excluding hydrogens is 409 g/mol. The summed E-state index contributed by atoms with van der Waals surface area (Å²) < 4.78 is 72.6. The van der Waals surface area contributed by atoms with Crippen LogP contribution in [0.4, 0.5) is 13.2 Å². The monoisotopic (exact) mass is 432 g/mol. The summed E-state index contributed by atoms with van der Waals surface area (Å²) in [6, 6.07) is 3.51. The minimum absolute atomic E-state index is 0.0360. The van der Waals surface area contributed by atoms with Crippen LogP contribution in [0.15, 0.2) is 23.1 Å². The van der Waals surface area contributed by atoms with E-state index in [-0.39, 0.29) is 23.3 Å². The number of pyridine rings is 1. The molecule has 0 unspecified atom stereocenters. The third-order valence-electron chi connectivity index (χ3n) is 5.09. The lowest BCUT2D eigenvalue weighted by Crippen LogP contribution is -2.40. The molecule has 29 heavy (non-hydrogen) atoms. The highest BCUT2D eigenvalue weighted by Crippen LogP contribution is 2.30. The van der Waals surface area contributed by atoms with Gasteiger partial charge in [-0.3, -0.25) is 4.68 Å². The molecule has 3 heterocycles. The Kier molecular flexibility index (Phi) is 5.91. The predicted octanol–water partition coefficient (Wildman–Crippen LogP) is 2.93. The number of ether oxygens (including phenoxy) is 1. The zero-order valence-corrected chi connectivity index (χ0v) is 17.2. The van der Waals surface area contributed by atoms with E-state index in [4.69, 9.17) is 4.74 Å². The van der Waals surface area contributed by atoms with Crippen LogP contribution in [-0.4, -0.2) is 47.2 Å². The largest absolute Gasteiger partial charge is 0.477 e. The first-order chi connectivity index (χ1) is 13.5. The topological polar surface area (TPSA) is 77.3 Å². The number of sulfonamides is 1. The van der Waals surface area contributed by atoms with Gasteiger partial charge in [-0.1, -0.05) is 6.07 Å². The minimum Gasteiger partial charge on any atom is -0.477 e. The summed E-state index contributed by atoms with van der Waals surface area (Å²) >= 11 is 0. The van der Waals surface area contributed by atoms with Gasteiger partial charge in [0.05, 0.1) is 18.0 Å². The summed E-state index contributed by atoms with van der Waals surface area (Å²) in [6.07, 6.45) is -3.42. The van der Waals surface area contributed by atoms with E-state index < -0.39 is 21.9 Å². The highest BCUT2D eigenvalue weighted by Gasteiger charge is 2.34. The van der Waals surface area contributed by atoms with Crippen LogP contribution in [0.25, 0.3) is 0 Å². The van der Waals surface area contributed by atoms with Gasteiger partial charge in [-0.2, -0.15) is 22.6 Å². The molecule has 0 aromatic carbocycles. The van der Waals surface area contributed by atoms with Crippen molar-refractivity contribution < 1.29 is 26.3 Å². The first-order valence-corrected chi connectivity index (χ1v) is 10.6. The third kappa shape index (κ3) is 4.55. The minimum atomic E-state index is -4.53. The Labute approximate surface area is 167 Å². The van der Waals surface area contributed by atoms with Crippen LogP contribution in [0.1, 0.15) is 29.9 Å². The van der Waals surface area contributed by atoms with Crippen LogP contribution in [0.2, 0.25) is 0 Å². The molecule has 0 radical (unpaired) electrons. The van der Waals surface area contributed by atoms with Crippen LogP contribution in [0.5, 0.6) is 5.88 Å². The summed E-state index contributed by atoms with van der Waals surface area (Å²) in [5.41, 5.74) is 0.0489. The Morgan fingerprint density at radius 1 is 1.21 bits per heavy atom. The molecular formula is C18H23F3N4O3S. The van der Waals surface area contributed by atoms with Crippen molar-refractivity contribution >= 4 is 10.0 Å². The summed E-state index contributed by atoms with van der Waals surface area (Å²) in [5, 5.41) is 4.18. The molecule has 0 N–H and O–H groups in total. The molecule has 1 fully saturated rings. The zero-order chi connectivity index (χ0) is 21.4. The lowest BCUT2D eigenvalue weighted by Gasteiger charge is -2.31. The number of piperidine rings is 1. The second-order valence-electron chi connectivity index (χ2n) is 7.14. The first kappa shape index (κ1) is 21.6. The van der Waals surface area contributed by atoms with E-state index in [1.165, 1.54) is 16.4 Å². The van der Waals surface area contributed by atoms with Gasteiger partial charge in [0.1, 0.15) is 10.6 Å². The predicted molar refractivity (Wildman–Crippen MR) is 98.9 cm³/mol. The molecule has 0 aliphatic carbocycles. The summed E-state index contributed by atoms with van der Waals surface area (Å²) in [7, 11) is -1.94. The molecule has 7 nitrogen and oxygen atoms in total. The molecule has 1 aliphatic rings. The maximum Gasteiger partial charge on any atom is 0.433 e. The molecule has 0 amide bonds. The fourth-order valence-corrected chi connectivity index (χ4v) is 5.30. The van der Waals surface area contributed by atoms with Gasteiger partial charge < -0.3 is 4.74 Å². The fourth-order valence-electron chi connectivity index (χ4n) is 3.43. The van der Waals surface area contributed by atoms with Crippen molar-refractivity contribution in [3.8, 4) is 5.88 Å². The maximum atomic E-state index is 13.0. The smallest absolute Gasteiger partial charge is 0.433 e. The van der Waals surface area contributed by atoms with E-state index >= 15 is 0 Å². The molecule has 0 spiro atoms. The van der Waals surface area contributed by atoms with Gasteiger partial charge in [-0.15, -0.1) is 0 Å². The van der Waals surface area contributed by atoms with Crippen molar-refractivity contribution in [1.29, 1.82) is 0 Å². The molecule has 11 heteroatoms. The number of aromatic nitrogens is 3. The van der Waals surface area contributed by atoms with Gasteiger partial charge in [0.2, 0.25) is 15.9 Å². The van der Waals surface area contributed by atoms with E-state index in [1.807, 2.05) is 0 Å². The van der Waals surface area contributed by atoms with Gasteiger partial charge in [-0.25, -0.2) is 13.4 Å². The molecule has 0 saturated carbocycles. The number of halogens is 3. The van der Waals surface area contributed by atoms with Gasteiger partial charge in [0.25, 0.3) is 0 Å². The molecule has 1 aliphatic heterocycles. The summed E-state index contributed by atoms with van der Waals surface area (Å²) in [5.74, 6) is -0.0506. The van der Waals surface area contributed by atoms with Crippen molar-refractivity contribution in [2.45, 2.75) is 37.8 Å². The van der Waals surface area contributed by atoms with Crippen LogP contribution < -0.4 is 4.74 Å². The molecule has 2 aromatic rings. The van der Waals surface area contributed by atoms with Crippen molar-refractivity contribution in [3.05, 3.63) is 35.3 Å². The van der Waals surface area contributed by atoms with E-state index in [0.717, 1.165) is 6.07 Å². The maximum absolute atomic E-state index is 13.0. The Balaban J connectivity index is 1.60. The number of aryl methyl sites for hydroxylation is 2. The van der Waals surface area contributed by atoms with Gasteiger partial charge in [0, 0.05) is 26.2 Å². The van der Waals surface area contributed by atoms with Crippen LogP contribution in [-0.2, 0) is 23.2 Å². The quantitative estimate of drug-likeness (QED) is 0.726. The van der Waals surface area contributed by atoms with E-state index in [0.29, 0.717) is 37.3 Å². The number of hydrogen-bond donors (Lipinski definition) is 0. The van der Waals surface area contributed by atoms with Gasteiger partial charge >= 0.3 is 6.18 Å². The molecule has 0 atom stereocenters. The first-order valence-electron chi connectivity index (χ1n) is 9.17. The number of nitrogens with zero attached hydrogens (tertiary/aromatic N) is 4. The lowest BCUT2D eigenvalue weighted by atomic mass is 9.99. The van der Waals surface area contributed by atoms with Crippen LogP contribution in [0.3, 0.4) is 0 Å². The SMILES string of the molecule is Cc1nn(C)c(C)c1S(=O)(=O)N1CCC(COc2cccc(C(F)(F)F)n2)CC1. The summed E-state index contributed by atoms with van der Waals surface area (Å²) in [6.45, 7) is 4.21. The van der Waals surface area contributed by atoms with Crippen molar-refractivity contribution in [3.63, 3.8) is 0 Å². The van der Waals surface area contributed by atoms with Crippen LogP contribution >= 0.6 is 0 Å². The zero-order valence-electron chi connectivity index (χ0n) is 16.4. The molecule has 0 bridgehead atoms. The second kappa shape index (κ2) is 7.94. The molecule has 1 saturated heterocycles. The lowest BCUT2D eigenvalue weighted by molar-refractivity contribution is -0.141. The van der Waals surface area contributed by atoms with Gasteiger partial charge in [-0.05, 0) is 38.7 Å². The van der Waals surface area contributed by atoms with Crippen LogP contribution in [0, 0.1) is 19.8 Å². The Morgan fingerprint density at radius 3 is 2.41 bits per heavy atom. The highest BCUT2D eigenvalue weighted by atomic mass is 32.2. The van der Waals surface area contributed by atoms with E-state index in [2.05, 4.69) is 10.1 Å². The number of alkyl halides is 3. The number of rotatable bonds is 5. The third-order valence-corrected chi connectivity index (χ3v) is 7.25. The van der Waals surface area contributed by atoms with Crippen molar-refractivity contribution in [2.75, 3.05) is 19.7 Å². The molecule has 160 valence electrons. The average molecular weight is 432 g/mol.